The summed E-state index contributed by atoms with van der Waals surface area (Å²) in [6.07, 6.45) is -0.992. The van der Waals surface area contributed by atoms with E-state index < -0.39 is 18.0 Å². The van der Waals surface area contributed by atoms with Crippen molar-refractivity contribution >= 4 is 40.1 Å². The molecule has 1 heterocycles. The van der Waals surface area contributed by atoms with Gasteiger partial charge < -0.3 is 14.5 Å². The third kappa shape index (κ3) is 3.44. The monoisotopic (exact) mass is 371 g/mol. The number of benzene rings is 2. The summed E-state index contributed by atoms with van der Waals surface area (Å²) in [6, 6.07) is 12.5. The molecule has 0 spiro atoms. The van der Waals surface area contributed by atoms with Crippen molar-refractivity contribution in [2.45, 2.75) is 26.9 Å². The highest BCUT2D eigenvalue weighted by atomic mass is 35.5. The lowest BCUT2D eigenvalue weighted by Crippen LogP contribution is -2.30. The van der Waals surface area contributed by atoms with Crippen molar-refractivity contribution in [3.63, 3.8) is 0 Å². The van der Waals surface area contributed by atoms with Crippen LogP contribution >= 0.6 is 11.6 Å². The lowest BCUT2D eigenvalue weighted by Gasteiger charge is -2.14. The highest BCUT2D eigenvalue weighted by Crippen LogP contribution is 2.26. The van der Waals surface area contributed by atoms with Crippen LogP contribution in [-0.4, -0.2) is 18.0 Å². The summed E-state index contributed by atoms with van der Waals surface area (Å²) in [7, 11) is 0. The first kappa shape index (κ1) is 18.0. The van der Waals surface area contributed by atoms with Crippen molar-refractivity contribution < 1.29 is 18.7 Å². The van der Waals surface area contributed by atoms with E-state index in [1.165, 1.54) is 6.92 Å². The average Bonchev–Trinajstić information content (AvgIpc) is 2.96. The second-order valence-electron chi connectivity index (χ2n) is 6.00. The first-order chi connectivity index (χ1) is 12.4. The van der Waals surface area contributed by atoms with E-state index in [-0.39, 0.29) is 5.76 Å². The molecule has 3 aromatic rings. The molecule has 0 aliphatic heterocycles. The molecule has 134 valence electrons. The first-order valence-electron chi connectivity index (χ1n) is 8.13. The molecule has 1 atom stereocenters. The van der Waals surface area contributed by atoms with E-state index in [0.29, 0.717) is 21.9 Å². The number of aryl methyl sites for hydroxylation is 1. The number of hydrogen-bond donors (Lipinski definition) is 1. The number of hydrogen-bond acceptors (Lipinski definition) is 4. The van der Waals surface area contributed by atoms with Gasteiger partial charge >= 0.3 is 5.97 Å². The number of para-hydroxylation sites is 1. The molecule has 0 aliphatic rings. The Bertz CT molecular complexity index is 993. The van der Waals surface area contributed by atoms with Crippen LogP contribution in [0.15, 0.2) is 46.9 Å². The van der Waals surface area contributed by atoms with Crippen LogP contribution < -0.4 is 5.32 Å². The quantitative estimate of drug-likeness (QED) is 0.663. The average molecular weight is 372 g/mol. The van der Waals surface area contributed by atoms with Crippen molar-refractivity contribution in [1.29, 1.82) is 0 Å². The molecule has 1 aromatic heterocycles. The van der Waals surface area contributed by atoms with Crippen molar-refractivity contribution in [2.24, 2.45) is 0 Å². The predicted molar refractivity (Wildman–Crippen MR) is 101 cm³/mol. The molecule has 0 unspecified atom stereocenters. The molecule has 0 aliphatic carbocycles. The van der Waals surface area contributed by atoms with E-state index in [4.69, 9.17) is 20.8 Å². The summed E-state index contributed by atoms with van der Waals surface area (Å²) in [5.74, 6) is -1.02. The zero-order chi connectivity index (χ0) is 18.8. The lowest BCUT2D eigenvalue weighted by atomic mass is 10.1. The Morgan fingerprint density at radius 3 is 2.54 bits per heavy atom. The highest BCUT2D eigenvalue weighted by Gasteiger charge is 2.24. The normalized spacial score (nSPS) is 12.0. The van der Waals surface area contributed by atoms with E-state index in [1.54, 1.807) is 38.1 Å². The number of nitrogens with one attached hydrogen (secondary N) is 1. The van der Waals surface area contributed by atoms with Gasteiger partial charge in [0.05, 0.1) is 0 Å². The Morgan fingerprint density at radius 2 is 1.81 bits per heavy atom. The molecular formula is C20H18ClNO4. The van der Waals surface area contributed by atoms with E-state index in [0.717, 1.165) is 10.9 Å². The molecule has 26 heavy (non-hydrogen) atoms. The van der Waals surface area contributed by atoms with Crippen molar-refractivity contribution in [3.05, 3.63) is 64.4 Å². The predicted octanol–water partition coefficient (Wildman–Crippen LogP) is 4.89. The minimum absolute atomic E-state index is 0.102. The molecule has 0 fully saturated rings. The third-order valence-electron chi connectivity index (χ3n) is 4.21. The molecule has 1 N–H and O–H groups in total. The van der Waals surface area contributed by atoms with Crippen LogP contribution in [0.4, 0.5) is 5.69 Å². The van der Waals surface area contributed by atoms with Gasteiger partial charge in [0.1, 0.15) is 5.58 Å². The van der Waals surface area contributed by atoms with Crippen molar-refractivity contribution in [2.75, 3.05) is 5.32 Å². The summed E-state index contributed by atoms with van der Waals surface area (Å²) >= 11 is 6.05. The van der Waals surface area contributed by atoms with Crippen molar-refractivity contribution in [1.82, 2.24) is 0 Å². The lowest BCUT2D eigenvalue weighted by molar-refractivity contribution is -0.123. The summed E-state index contributed by atoms with van der Waals surface area (Å²) in [5.41, 5.74) is 2.60. The molecule has 0 saturated carbocycles. The number of halogens is 1. The number of ether oxygens (including phenoxy) is 1. The third-order valence-corrected chi connectivity index (χ3v) is 4.62. The number of esters is 1. The van der Waals surface area contributed by atoms with Gasteiger partial charge in [-0.2, -0.15) is 0 Å². The van der Waals surface area contributed by atoms with Gasteiger partial charge in [0.2, 0.25) is 5.76 Å². The van der Waals surface area contributed by atoms with E-state index >= 15 is 0 Å². The minimum atomic E-state index is -0.992. The summed E-state index contributed by atoms with van der Waals surface area (Å²) < 4.78 is 10.8. The number of anilines is 1. The molecule has 3 rings (SSSR count). The van der Waals surface area contributed by atoms with Crippen molar-refractivity contribution in [3.8, 4) is 0 Å². The maximum atomic E-state index is 12.4. The Labute approximate surface area is 155 Å². The molecule has 1 amide bonds. The first-order valence-corrected chi connectivity index (χ1v) is 8.51. The number of carbonyl (C=O) groups excluding carboxylic acids is 2. The van der Waals surface area contributed by atoms with Crippen LogP contribution in [-0.2, 0) is 9.53 Å². The second-order valence-corrected chi connectivity index (χ2v) is 6.41. The number of furan rings is 1. The molecule has 5 nitrogen and oxygen atoms in total. The second kappa shape index (κ2) is 7.22. The molecule has 2 aromatic carbocycles. The fourth-order valence-electron chi connectivity index (χ4n) is 2.61. The van der Waals surface area contributed by atoms with Crippen LogP contribution in [0.5, 0.6) is 0 Å². The molecule has 0 radical (unpaired) electrons. The zero-order valence-electron chi connectivity index (χ0n) is 14.6. The van der Waals surface area contributed by atoms with E-state index in [1.807, 2.05) is 18.2 Å². The van der Waals surface area contributed by atoms with Crippen LogP contribution in [0.3, 0.4) is 0 Å². The zero-order valence-corrected chi connectivity index (χ0v) is 15.4. The molecular weight excluding hydrogens is 354 g/mol. The Hall–Kier alpha value is -2.79. The van der Waals surface area contributed by atoms with Gasteiger partial charge in [-0.05, 0) is 44.5 Å². The van der Waals surface area contributed by atoms with Crippen LogP contribution in [0.2, 0.25) is 5.02 Å². The van der Waals surface area contributed by atoms with Crippen LogP contribution in [0, 0.1) is 13.8 Å². The summed E-state index contributed by atoms with van der Waals surface area (Å²) in [5, 5.41) is 4.10. The van der Waals surface area contributed by atoms with Gasteiger partial charge in [-0.3, -0.25) is 4.79 Å². The van der Waals surface area contributed by atoms with Crippen LogP contribution in [0.25, 0.3) is 11.0 Å². The SMILES string of the molecule is Cc1c(Cl)cccc1NC(=O)[C@@H](C)OC(=O)c1oc2ccccc2c1C. The van der Waals surface area contributed by atoms with Gasteiger partial charge in [0, 0.05) is 21.7 Å². The maximum absolute atomic E-state index is 12.4. The smallest absolute Gasteiger partial charge is 0.375 e. The number of amides is 1. The minimum Gasteiger partial charge on any atom is -0.449 e. The van der Waals surface area contributed by atoms with Gasteiger partial charge in [-0.1, -0.05) is 35.9 Å². The standard InChI is InChI=1S/C20H18ClNO4/c1-11-14-7-4-5-10-17(14)26-18(11)20(24)25-13(3)19(23)22-16-9-6-8-15(21)12(16)2/h4-10,13H,1-3H3,(H,22,23)/t13-/m1/s1. The number of fused-ring (bicyclic) bond motifs is 1. The van der Waals surface area contributed by atoms with E-state index in [9.17, 15) is 9.59 Å². The Balaban J connectivity index is 1.73. The fraction of sp³-hybridized carbons (Fsp3) is 0.200. The Kier molecular flexibility index (Phi) is 5.00. The molecule has 0 bridgehead atoms. The maximum Gasteiger partial charge on any atom is 0.375 e. The fourth-order valence-corrected chi connectivity index (χ4v) is 2.79. The van der Waals surface area contributed by atoms with Gasteiger partial charge in [-0.25, -0.2) is 4.79 Å². The largest absolute Gasteiger partial charge is 0.449 e. The summed E-state index contributed by atoms with van der Waals surface area (Å²) in [4.78, 5) is 24.7. The summed E-state index contributed by atoms with van der Waals surface area (Å²) in [6.45, 7) is 5.08. The topological polar surface area (TPSA) is 68.5 Å². The highest BCUT2D eigenvalue weighted by molar-refractivity contribution is 6.31. The van der Waals surface area contributed by atoms with Crippen LogP contribution in [0.1, 0.15) is 28.6 Å². The Morgan fingerprint density at radius 1 is 1.08 bits per heavy atom. The van der Waals surface area contributed by atoms with Gasteiger partial charge in [0.25, 0.3) is 5.91 Å². The van der Waals surface area contributed by atoms with Gasteiger partial charge in [-0.15, -0.1) is 0 Å². The van der Waals surface area contributed by atoms with E-state index in [2.05, 4.69) is 5.32 Å². The van der Waals surface area contributed by atoms with Gasteiger partial charge in [0.15, 0.2) is 6.10 Å². The molecule has 6 heteroatoms. The number of rotatable bonds is 4. The molecule has 0 saturated heterocycles. The number of carbonyl (C=O) groups is 2.